The van der Waals surface area contributed by atoms with Gasteiger partial charge < -0.3 is 11.1 Å². The minimum absolute atomic E-state index is 0.0879. The van der Waals surface area contributed by atoms with Gasteiger partial charge in [-0.2, -0.15) is 0 Å². The number of nitrogen functional groups attached to an aromatic ring is 1. The molecular weight excluding hydrogens is 446 g/mol. The number of para-hydroxylation sites is 1. The minimum Gasteiger partial charge on any atom is -0.399 e. The average molecular weight is 478 g/mol. The molecule has 3 aromatic rings. The Morgan fingerprint density at radius 2 is 1.65 bits per heavy atom. The number of amides is 1. The summed E-state index contributed by atoms with van der Waals surface area (Å²) >= 11 is 0. The Morgan fingerprint density at radius 1 is 1.00 bits per heavy atom. The monoisotopic (exact) mass is 477 g/mol. The molecule has 1 atom stereocenters. The van der Waals surface area contributed by atoms with Gasteiger partial charge in [0.1, 0.15) is 6.04 Å². The van der Waals surface area contributed by atoms with Crippen LogP contribution in [0, 0.1) is 0 Å². The van der Waals surface area contributed by atoms with Crippen LogP contribution in [-0.4, -0.2) is 26.9 Å². The molecule has 0 aromatic heterocycles. The van der Waals surface area contributed by atoms with Crippen LogP contribution >= 0.6 is 0 Å². The first-order chi connectivity index (χ1) is 16.1. The van der Waals surface area contributed by atoms with Crippen molar-refractivity contribution in [3.63, 3.8) is 0 Å². The van der Waals surface area contributed by atoms with Gasteiger partial charge in [-0.3, -0.25) is 9.10 Å². The van der Waals surface area contributed by atoms with Gasteiger partial charge in [-0.15, -0.1) is 0 Å². The molecule has 0 aliphatic carbocycles. The van der Waals surface area contributed by atoms with Gasteiger partial charge >= 0.3 is 0 Å². The molecule has 0 spiro atoms. The van der Waals surface area contributed by atoms with Crippen molar-refractivity contribution in [1.82, 2.24) is 5.32 Å². The third-order valence-electron chi connectivity index (χ3n) is 6.20. The van der Waals surface area contributed by atoms with Crippen molar-refractivity contribution in [3.8, 4) is 0 Å². The Morgan fingerprint density at radius 3 is 2.29 bits per heavy atom. The summed E-state index contributed by atoms with van der Waals surface area (Å²) in [5, 5.41) is 2.93. The molecule has 178 valence electrons. The van der Waals surface area contributed by atoms with E-state index in [-0.39, 0.29) is 16.2 Å². The highest BCUT2D eigenvalue weighted by molar-refractivity contribution is 7.93. The van der Waals surface area contributed by atoms with Crippen molar-refractivity contribution >= 4 is 27.3 Å². The van der Waals surface area contributed by atoms with Crippen LogP contribution in [0.4, 0.5) is 11.4 Å². The van der Waals surface area contributed by atoms with Crippen LogP contribution in [0.15, 0.2) is 77.7 Å². The molecule has 0 bridgehead atoms. The van der Waals surface area contributed by atoms with E-state index in [1.54, 1.807) is 24.3 Å². The summed E-state index contributed by atoms with van der Waals surface area (Å²) in [6, 6.07) is 20.9. The van der Waals surface area contributed by atoms with Gasteiger partial charge in [-0.25, -0.2) is 8.42 Å². The number of hydrogen-bond donors (Lipinski definition) is 2. The van der Waals surface area contributed by atoms with E-state index in [1.165, 1.54) is 4.31 Å². The predicted octanol–water partition coefficient (Wildman–Crippen LogP) is 4.05. The van der Waals surface area contributed by atoms with Crippen LogP contribution in [-0.2, 0) is 33.1 Å². The van der Waals surface area contributed by atoms with Crippen molar-refractivity contribution < 1.29 is 13.2 Å². The molecule has 34 heavy (non-hydrogen) atoms. The van der Waals surface area contributed by atoms with Crippen LogP contribution in [0.2, 0.25) is 0 Å². The molecule has 1 aliphatic heterocycles. The quantitative estimate of drug-likeness (QED) is 0.524. The molecule has 1 heterocycles. The maximum Gasteiger partial charge on any atom is 0.265 e. The molecule has 0 saturated carbocycles. The highest BCUT2D eigenvalue weighted by Crippen LogP contribution is 2.37. The van der Waals surface area contributed by atoms with Crippen molar-refractivity contribution in [2.24, 2.45) is 0 Å². The first-order valence-electron chi connectivity index (χ1n) is 11.4. The number of anilines is 2. The summed E-state index contributed by atoms with van der Waals surface area (Å²) in [5.74, 6) is -0.304. The van der Waals surface area contributed by atoms with E-state index in [0.29, 0.717) is 30.8 Å². The third-order valence-corrected chi connectivity index (χ3v) is 8.03. The second-order valence-corrected chi connectivity index (χ2v) is 11.5. The van der Waals surface area contributed by atoms with Crippen LogP contribution in [0.3, 0.4) is 0 Å². The summed E-state index contributed by atoms with van der Waals surface area (Å²) in [7, 11) is -3.93. The average Bonchev–Trinajstić information content (AvgIpc) is 3.20. The normalized spacial score (nSPS) is 15.7. The molecule has 3 aromatic carbocycles. The van der Waals surface area contributed by atoms with E-state index in [1.807, 2.05) is 48.5 Å². The summed E-state index contributed by atoms with van der Waals surface area (Å²) in [5.41, 5.74) is 9.82. The Labute approximate surface area is 201 Å². The fraction of sp³-hybridized carbons (Fsp3) is 0.296. The Kier molecular flexibility index (Phi) is 6.41. The van der Waals surface area contributed by atoms with E-state index in [4.69, 9.17) is 5.73 Å². The molecule has 3 N–H and O–H groups in total. The highest BCUT2D eigenvalue weighted by Gasteiger charge is 2.42. The number of carbonyl (C=O) groups excluding carboxylic acids is 1. The lowest BCUT2D eigenvalue weighted by atomic mass is 9.87. The molecule has 7 heteroatoms. The second kappa shape index (κ2) is 9.14. The molecule has 0 radical (unpaired) electrons. The number of nitrogens with zero attached hydrogens (tertiary/aromatic N) is 1. The predicted molar refractivity (Wildman–Crippen MR) is 136 cm³/mol. The Bertz CT molecular complexity index is 1280. The van der Waals surface area contributed by atoms with Crippen LogP contribution < -0.4 is 15.4 Å². The highest BCUT2D eigenvalue weighted by atomic mass is 32.2. The van der Waals surface area contributed by atoms with Gasteiger partial charge in [0.15, 0.2) is 0 Å². The number of hydrogen-bond acceptors (Lipinski definition) is 4. The van der Waals surface area contributed by atoms with Gasteiger partial charge in [0.25, 0.3) is 10.0 Å². The van der Waals surface area contributed by atoms with Crippen LogP contribution in [0.5, 0.6) is 0 Å². The largest absolute Gasteiger partial charge is 0.399 e. The third kappa shape index (κ3) is 4.80. The zero-order valence-corrected chi connectivity index (χ0v) is 20.6. The fourth-order valence-corrected chi connectivity index (χ4v) is 5.88. The lowest BCUT2D eigenvalue weighted by Gasteiger charge is -2.27. The SMILES string of the molecule is CC(C)(C)c1ccc(S(=O)(=O)N2c3ccccc3C[C@H]2C(=O)NCCc2ccc(N)cc2)cc1. The van der Waals surface area contributed by atoms with Gasteiger partial charge in [0, 0.05) is 18.7 Å². The molecule has 6 nitrogen and oxygen atoms in total. The van der Waals surface area contributed by atoms with E-state index in [0.717, 1.165) is 16.7 Å². The van der Waals surface area contributed by atoms with Crippen molar-refractivity contribution in [3.05, 3.63) is 89.5 Å². The molecule has 0 saturated heterocycles. The zero-order chi connectivity index (χ0) is 24.5. The Balaban J connectivity index is 1.57. The fourth-order valence-electron chi connectivity index (χ4n) is 4.23. The van der Waals surface area contributed by atoms with Gasteiger partial charge in [-0.1, -0.05) is 63.2 Å². The minimum atomic E-state index is -3.93. The summed E-state index contributed by atoms with van der Waals surface area (Å²) in [4.78, 5) is 13.4. The summed E-state index contributed by atoms with van der Waals surface area (Å²) in [6.45, 7) is 6.65. The van der Waals surface area contributed by atoms with E-state index >= 15 is 0 Å². The number of benzene rings is 3. The molecule has 1 amide bonds. The van der Waals surface area contributed by atoms with Crippen molar-refractivity contribution in [2.45, 2.75) is 50.0 Å². The number of fused-ring (bicyclic) bond motifs is 1. The molecule has 1 aliphatic rings. The maximum atomic E-state index is 13.7. The number of carbonyl (C=O) groups is 1. The van der Waals surface area contributed by atoms with Crippen LogP contribution in [0.25, 0.3) is 0 Å². The number of sulfonamides is 1. The zero-order valence-electron chi connectivity index (χ0n) is 19.8. The van der Waals surface area contributed by atoms with Crippen molar-refractivity contribution in [2.75, 3.05) is 16.6 Å². The molecule has 4 rings (SSSR count). The first-order valence-corrected chi connectivity index (χ1v) is 12.9. The topological polar surface area (TPSA) is 92.5 Å². The number of nitrogens with two attached hydrogens (primary N) is 1. The smallest absolute Gasteiger partial charge is 0.265 e. The van der Waals surface area contributed by atoms with E-state index < -0.39 is 16.1 Å². The maximum absolute atomic E-state index is 13.7. The number of nitrogens with one attached hydrogen (secondary N) is 1. The van der Waals surface area contributed by atoms with E-state index in [2.05, 4.69) is 26.1 Å². The standard InChI is InChI=1S/C27H31N3O3S/c1-27(2,3)21-10-14-23(15-11-21)34(32,33)30-24-7-5-4-6-20(24)18-25(30)26(31)29-17-16-19-8-12-22(28)13-9-19/h4-15,25H,16-18,28H2,1-3H3,(H,29,31)/t25-/m0/s1. The molecule has 0 unspecified atom stereocenters. The van der Waals surface area contributed by atoms with Crippen LogP contribution in [0.1, 0.15) is 37.5 Å². The van der Waals surface area contributed by atoms with Gasteiger partial charge in [-0.05, 0) is 58.9 Å². The lowest BCUT2D eigenvalue weighted by molar-refractivity contribution is -0.122. The second-order valence-electron chi connectivity index (χ2n) is 9.71. The lowest BCUT2D eigenvalue weighted by Crippen LogP contribution is -2.48. The molecular formula is C27H31N3O3S. The van der Waals surface area contributed by atoms with Gasteiger partial charge in [0.2, 0.25) is 5.91 Å². The Hall–Kier alpha value is -3.32. The first kappa shape index (κ1) is 23.8. The van der Waals surface area contributed by atoms with Crippen molar-refractivity contribution in [1.29, 1.82) is 0 Å². The summed E-state index contributed by atoms with van der Waals surface area (Å²) < 4.78 is 28.8. The summed E-state index contributed by atoms with van der Waals surface area (Å²) in [6.07, 6.45) is 0.968. The van der Waals surface area contributed by atoms with E-state index in [9.17, 15) is 13.2 Å². The number of rotatable bonds is 6. The molecule has 0 fully saturated rings. The van der Waals surface area contributed by atoms with Gasteiger partial charge in [0.05, 0.1) is 10.6 Å².